The molecule has 5 heteroatoms. The maximum absolute atomic E-state index is 11.5. The van der Waals surface area contributed by atoms with E-state index in [-0.39, 0.29) is 29.7 Å². The highest BCUT2D eigenvalue weighted by molar-refractivity contribution is 6.62. The summed E-state index contributed by atoms with van der Waals surface area (Å²) >= 11 is 0. The Kier molecular flexibility index (Phi) is 4.75. The van der Waals surface area contributed by atoms with Crippen LogP contribution in [0.3, 0.4) is 0 Å². The van der Waals surface area contributed by atoms with Crippen molar-refractivity contribution in [3.05, 3.63) is 41.0 Å². The van der Waals surface area contributed by atoms with Crippen molar-refractivity contribution in [3.63, 3.8) is 0 Å². The zero-order valence-corrected chi connectivity index (χ0v) is 17.8. The third-order valence-electron chi connectivity index (χ3n) is 7.47. The third kappa shape index (κ3) is 3.23. The van der Waals surface area contributed by atoms with E-state index < -0.39 is 0 Å². The molecule has 2 fully saturated rings. The average molecular weight is 382 g/mol. The standard InChI is InChI=1S/C23H31BO4/c1-21(2)22(3,4)28-24(27-21)18-6-7-19-17(15-18)10-13-23(19)11-8-16(9-12-23)14-20(25)26-5/h6-7,14-15H,8-13H2,1-5H3. The van der Waals surface area contributed by atoms with Gasteiger partial charge >= 0.3 is 13.1 Å². The van der Waals surface area contributed by atoms with Crippen LogP contribution in [0.5, 0.6) is 0 Å². The fourth-order valence-electron chi connectivity index (χ4n) is 4.91. The Morgan fingerprint density at radius 1 is 1.04 bits per heavy atom. The summed E-state index contributed by atoms with van der Waals surface area (Å²) < 4.78 is 17.2. The number of carbonyl (C=O) groups excluding carboxylic acids is 1. The van der Waals surface area contributed by atoms with Gasteiger partial charge in [0, 0.05) is 6.08 Å². The molecule has 0 radical (unpaired) electrons. The van der Waals surface area contributed by atoms with Gasteiger partial charge in [-0.25, -0.2) is 4.79 Å². The lowest BCUT2D eigenvalue weighted by atomic mass is 9.68. The number of fused-ring (bicyclic) bond motifs is 2. The van der Waals surface area contributed by atoms with E-state index >= 15 is 0 Å². The zero-order chi connectivity index (χ0) is 20.2. The lowest BCUT2D eigenvalue weighted by Crippen LogP contribution is -2.41. The highest BCUT2D eigenvalue weighted by Gasteiger charge is 2.52. The molecule has 3 aliphatic rings. The number of benzene rings is 1. The Hall–Kier alpha value is -1.59. The van der Waals surface area contributed by atoms with E-state index in [0.29, 0.717) is 0 Å². The Morgan fingerprint density at radius 3 is 2.25 bits per heavy atom. The first-order valence-corrected chi connectivity index (χ1v) is 10.4. The number of hydrogen-bond acceptors (Lipinski definition) is 4. The zero-order valence-electron chi connectivity index (χ0n) is 17.8. The Morgan fingerprint density at radius 2 is 1.64 bits per heavy atom. The van der Waals surface area contributed by atoms with Gasteiger partial charge < -0.3 is 14.0 Å². The molecule has 1 saturated heterocycles. The van der Waals surface area contributed by atoms with E-state index in [9.17, 15) is 4.79 Å². The molecule has 0 bridgehead atoms. The molecule has 1 aliphatic heterocycles. The minimum Gasteiger partial charge on any atom is -0.466 e. The SMILES string of the molecule is COC(=O)C=C1CCC2(CC1)CCc1cc(B3OC(C)(C)C(C)(C)O3)ccc12. The van der Waals surface area contributed by atoms with Crippen LogP contribution in [0.15, 0.2) is 29.8 Å². The monoisotopic (exact) mass is 382 g/mol. The molecule has 28 heavy (non-hydrogen) atoms. The van der Waals surface area contributed by atoms with E-state index in [0.717, 1.165) is 37.6 Å². The second kappa shape index (κ2) is 6.74. The number of esters is 1. The molecule has 0 amide bonds. The van der Waals surface area contributed by atoms with Crippen LogP contribution in [-0.2, 0) is 30.7 Å². The fraction of sp³-hybridized carbons (Fsp3) is 0.609. The second-order valence-corrected chi connectivity index (χ2v) is 9.61. The van der Waals surface area contributed by atoms with Gasteiger partial charge in [-0.3, -0.25) is 0 Å². The summed E-state index contributed by atoms with van der Waals surface area (Å²) in [5.41, 5.74) is 4.90. The first-order valence-electron chi connectivity index (χ1n) is 10.4. The number of hydrogen-bond donors (Lipinski definition) is 0. The van der Waals surface area contributed by atoms with Crippen molar-refractivity contribution in [2.45, 2.75) is 82.8 Å². The van der Waals surface area contributed by atoms with E-state index in [1.54, 1.807) is 6.08 Å². The third-order valence-corrected chi connectivity index (χ3v) is 7.47. The van der Waals surface area contributed by atoms with Gasteiger partial charge in [0.2, 0.25) is 0 Å². The highest BCUT2D eigenvalue weighted by Crippen LogP contribution is 2.49. The van der Waals surface area contributed by atoms with Crippen molar-refractivity contribution in [1.82, 2.24) is 0 Å². The van der Waals surface area contributed by atoms with Crippen molar-refractivity contribution >= 4 is 18.6 Å². The number of allylic oxidation sites excluding steroid dienone is 1. The number of carbonyl (C=O) groups is 1. The molecule has 0 atom stereocenters. The van der Waals surface area contributed by atoms with E-state index in [1.165, 1.54) is 30.2 Å². The summed E-state index contributed by atoms with van der Waals surface area (Å²) in [5, 5.41) is 0. The van der Waals surface area contributed by atoms with Crippen LogP contribution < -0.4 is 5.46 Å². The van der Waals surface area contributed by atoms with Crippen LogP contribution in [0.2, 0.25) is 0 Å². The van der Waals surface area contributed by atoms with Crippen molar-refractivity contribution in [2.24, 2.45) is 0 Å². The number of aryl methyl sites for hydroxylation is 1. The summed E-state index contributed by atoms with van der Waals surface area (Å²) in [6.45, 7) is 8.38. The summed E-state index contributed by atoms with van der Waals surface area (Å²) in [4.78, 5) is 11.5. The minimum atomic E-state index is -0.316. The van der Waals surface area contributed by atoms with Gasteiger partial charge in [0.15, 0.2) is 0 Å². The predicted octanol–water partition coefficient (Wildman–Crippen LogP) is 3.84. The van der Waals surface area contributed by atoms with Gasteiger partial charge in [0.05, 0.1) is 18.3 Å². The predicted molar refractivity (Wildman–Crippen MR) is 111 cm³/mol. The van der Waals surface area contributed by atoms with Crippen LogP contribution >= 0.6 is 0 Å². The second-order valence-electron chi connectivity index (χ2n) is 9.61. The molecule has 0 N–H and O–H groups in total. The summed E-state index contributed by atoms with van der Waals surface area (Å²) in [6, 6.07) is 6.79. The smallest absolute Gasteiger partial charge is 0.466 e. The molecule has 1 heterocycles. The highest BCUT2D eigenvalue weighted by atomic mass is 16.7. The van der Waals surface area contributed by atoms with Crippen LogP contribution in [0.1, 0.15) is 70.9 Å². The Balaban J connectivity index is 1.52. The maximum atomic E-state index is 11.5. The van der Waals surface area contributed by atoms with Crippen LogP contribution in [0.25, 0.3) is 0 Å². The summed E-state index contributed by atoms with van der Waals surface area (Å²) in [7, 11) is 1.14. The van der Waals surface area contributed by atoms with Crippen LogP contribution in [-0.4, -0.2) is 31.4 Å². The molecule has 1 spiro atoms. The normalized spacial score (nSPS) is 27.8. The number of methoxy groups -OCH3 is 1. The molecule has 1 aromatic rings. The first-order chi connectivity index (χ1) is 13.2. The molecular weight excluding hydrogens is 351 g/mol. The topological polar surface area (TPSA) is 44.8 Å². The fourth-order valence-corrected chi connectivity index (χ4v) is 4.91. The van der Waals surface area contributed by atoms with Gasteiger partial charge in [-0.15, -0.1) is 0 Å². The van der Waals surface area contributed by atoms with Crippen molar-refractivity contribution in [2.75, 3.05) is 7.11 Å². The Bertz CT molecular complexity index is 798. The van der Waals surface area contributed by atoms with Crippen molar-refractivity contribution in [3.8, 4) is 0 Å². The van der Waals surface area contributed by atoms with E-state index in [2.05, 4.69) is 45.9 Å². The molecule has 1 saturated carbocycles. The molecule has 0 aromatic heterocycles. The lowest BCUT2D eigenvalue weighted by Gasteiger charge is -2.35. The van der Waals surface area contributed by atoms with Gasteiger partial charge in [0.25, 0.3) is 0 Å². The molecule has 1 aromatic carbocycles. The lowest BCUT2D eigenvalue weighted by molar-refractivity contribution is -0.134. The van der Waals surface area contributed by atoms with Crippen LogP contribution in [0, 0.1) is 0 Å². The van der Waals surface area contributed by atoms with Crippen molar-refractivity contribution < 1.29 is 18.8 Å². The van der Waals surface area contributed by atoms with E-state index in [4.69, 9.17) is 14.0 Å². The van der Waals surface area contributed by atoms with Crippen LogP contribution in [0.4, 0.5) is 0 Å². The first kappa shape index (κ1) is 19.7. The van der Waals surface area contributed by atoms with Gasteiger partial charge in [-0.2, -0.15) is 0 Å². The number of ether oxygens (including phenoxy) is 1. The molecular formula is C23H31BO4. The molecule has 4 rings (SSSR count). The maximum Gasteiger partial charge on any atom is 0.494 e. The quantitative estimate of drug-likeness (QED) is 0.443. The van der Waals surface area contributed by atoms with E-state index in [1.807, 2.05) is 0 Å². The number of rotatable bonds is 2. The molecule has 2 aliphatic carbocycles. The molecule has 150 valence electrons. The van der Waals surface area contributed by atoms with Gasteiger partial charge in [0.1, 0.15) is 0 Å². The largest absolute Gasteiger partial charge is 0.494 e. The van der Waals surface area contributed by atoms with Gasteiger partial charge in [-0.05, 0) is 88.2 Å². The molecule has 4 nitrogen and oxygen atoms in total. The van der Waals surface area contributed by atoms with Gasteiger partial charge in [-0.1, -0.05) is 23.8 Å². The Labute approximate surface area is 168 Å². The summed E-state index contributed by atoms with van der Waals surface area (Å²) in [6.07, 6.45) is 8.17. The minimum absolute atomic E-state index is 0.232. The summed E-state index contributed by atoms with van der Waals surface area (Å²) in [5.74, 6) is -0.232. The average Bonchev–Trinajstić information content (AvgIpc) is 3.11. The molecule has 0 unspecified atom stereocenters. The van der Waals surface area contributed by atoms with Crippen molar-refractivity contribution in [1.29, 1.82) is 0 Å².